The zero-order chi connectivity index (χ0) is 31.1. The Morgan fingerprint density at radius 2 is 1.78 bits per heavy atom. The second-order valence-electron chi connectivity index (χ2n) is 14.2. The van der Waals surface area contributed by atoms with Crippen molar-refractivity contribution in [1.29, 1.82) is 0 Å². The number of aromatic amines is 1. The highest BCUT2D eigenvalue weighted by Crippen LogP contribution is 2.53. The molecule has 1 atom stereocenters. The van der Waals surface area contributed by atoms with Crippen LogP contribution in [-0.4, -0.2) is 70.9 Å². The molecule has 2 aromatic heterocycles. The van der Waals surface area contributed by atoms with Crippen molar-refractivity contribution in [2.75, 3.05) is 37.6 Å². The largest absolute Gasteiger partial charge is 0.455 e. The van der Waals surface area contributed by atoms with Gasteiger partial charge in [0.05, 0.1) is 11.8 Å². The fourth-order valence-electron chi connectivity index (χ4n) is 8.17. The van der Waals surface area contributed by atoms with Gasteiger partial charge in [-0.2, -0.15) is 0 Å². The average molecular weight is 606 g/mol. The van der Waals surface area contributed by atoms with Gasteiger partial charge in [0, 0.05) is 74.2 Å². The smallest absolute Gasteiger partial charge is 0.153 e. The molecule has 7 heteroatoms. The number of piperazine rings is 1. The summed E-state index contributed by atoms with van der Waals surface area (Å²) in [5.41, 5.74) is 5.97. The average Bonchev–Trinajstić information content (AvgIpc) is 3.51. The molecule has 0 radical (unpaired) electrons. The lowest BCUT2D eigenvalue weighted by Gasteiger charge is -2.58. The second-order valence-corrected chi connectivity index (χ2v) is 14.2. The third-order valence-electron chi connectivity index (χ3n) is 10.9. The first-order valence-electron chi connectivity index (χ1n) is 16.9. The van der Waals surface area contributed by atoms with Crippen LogP contribution < -0.4 is 9.64 Å². The number of fused-ring (bicyclic) bond motifs is 1. The van der Waals surface area contributed by atoms with Crippen molar-refractivity contribution in [2.24, 2.45) is 5.41 Å². The molecule has 4 aromatic rings. The first kappa shape index (κ1) is 30.0. The van der Waals surface area contributed by atoms with Gasteiger partial charge in [0.2, 0.25) is 0 Å². The van der Waals surface area contributed by atoms with Crippen LogP contribution in [-0.2, 0) is 0 Å². The van der Waals surface area contributed by atoms with E-state index in [9.17, 15) is 4.79 Å². The first-order chi connectivity index (χ1) is 21.8. The van der Waals surface area contributed by atoms with Crippen molar-refractivity contribution < 1.29 is 9.53 Å². The summed E-state index contributed by atoms with van der Waals surface area (Å²) in [6.07, 6.45) is 9.46. The van der Waals surface area contributed by atoms with Crippen LogP contribution in [0.25, 0.3) is 11.0 Å². The van der Waals surface area contributed by atoms with Gasteiger partial charge in [-0.05, 0) is 86.3 Å². The highest BCUT2D eigenvalue weighted by molar-refractivity contribution is 5.81. The number of anilines is 1. The van der Waals surface area contributed by atoms with E-state index in [4.69, 9.17) is 4.74 Å². The van der Waals surface area contributed by atoms with Crippen molar-refractivity contribution in [3.63, 3.8) is 0 Å². The summed E-state index contributed by atoms with van der Waals surface area (Å²) in [5, 5.41) is 0.980. The Bertz CT molecular complexity index is 1640. The van der Waals surface area contributed by atoms with E-state index in [-0.39, 0.29) is 0 Å². The van der Waals surface area contributed by atoms with Gasteiger partial charge >= 0.3 is 0 Å². The van der Waals surface area contributed by atoms with Crippen molar-refractivity contribution in [3.8, 4) is 11.5 Å². The molecule has 236 valence electrons. The van der Waals surface area contributed by atoms with Crippen LogP contribution in [0, 0.1) is 5.41 Å². The van der Waals surface area contributed by atoms with E-state index in [0.29, 0.717) is 46.5 Å². The molecule has 1 unspecified atom stereocenters. The van der Waals surface area contributed by atoms with Crippen LogP contribution >= 0.6 is 0 Å². The number of H-pyrrole nitrogens is 1. The summed E-state index contributed by atoms with van der Waals surface area (Å²) in [4.78, 5) is 27.4. The van der Waals surface area contributed by atoms with Crippen LogP contribution in [0.1, 0.15) is 86.8 Å². The SMILES string of the molecule is CC(C)c1ccccc1C1CN(C(C)C)CCN1C1CC2(CCN(c3ccc(C=O)c(Oc4cnc5[nH]ccc5c4)c3)CC2)C1. The molecule has 0 amide bonds. The summed E-state index contributed by atoms with van der Waals surface area (Å²) in [7, 11) is 0. The standard InChI is InChI=1S/C38H47N5O2/c1-26(2)33-7-5-6-8-34(33)35-24-42(27(3)4)17-18-43(35)31-21-38(22-31)12-15-41(16-13-38)30-10-9-29(25-44)36(20-30)45-32-19-28-11-14-39-37(28)40-23-32/h5-11,14,19-20,23,25-27,31,35H,12-13,15-18,21-22,24H2,1-4H3,(H,39,40). The number of hydrogen-bond donors (Lipinski definition) is 1. The zero-order valence-electron chi connectivity index (χ0n) is 27.2. The Morgan fingerprint density at radius 3 is 2.53 bits per heavy atom. The molecule has 7 nitrogen and oxygen atoms in total. The molecule has 1 aliphatic carbocycles. The monoisotopic (exact) mass is 605 g/mol. The first-order valence-corrected chi connectivity index (χ1v) is 16.9. The van der Waals surface area contributed by atoms with Crippen LogP contribution in [0.5, 0.6) is 11.5 Å². The normalized spacial score (nSPS) is 21.1. The molecular formula is C38H47N5O2. The Kier molecular flexibility index (Phi) is 8.17. The van der Waals surface area contributed by atoms with Crippen LogP contribution in [0.2, 0.25) is 0 Å². The maximum absolute atomic E-state index is 11.9. The summed E-state index contributed by atoms with van der Waals surface area (Å²) in [5.74, 6) is 1.74. The predicted molar refractivity (Wildman–Crippen MR) is 182 cm³/mol. The number of ether oxygens (including phenoxy) is 1. The number of hydrogen-bond acceptors (Lipinski definition) is 6. The number of benzene rings is 2. The van der Waals surface area contributed by atoms with Crippen LogP contribution in [0.3, 0.4) is 0 Å². The van der Waals surface area contributed by atoms with E-state index in [1.54, 1.807) is 6.20 Å². The molecule has 2 aliphatic heterocycles. The van der Waals surface area contributed by atoms with Gasteiger partial charge in [0.15, 0.2) is 6.29 Å². The van der Waals surface area contributed by atoms with Gasteiger partial charge in [-0.25, -0.2) is 4.98 Å². The molecular weight excluding hydrogens is 558 g/mol. The summed E-state index contributed by atoms with van der Waals surface area (Å²) in [6, 6.07) is 20.8. The Morgan fingerprint density at radius 1 is 0.978 bits per heavy atom. The number of aromatic nitrogens is 2. The molecule has 1 saturated carbocycles. The fourth-order valence-corrected chi connectivity index (χ4v) is 8.17. The molecule has 4 heterocycles. The topological polar surface area (TPSA) is 64.7 Å². The molecule has 45 heavy (non-hydrogen) atoms. The number of rotatable bonds is 8. The quantitative estimate of drug-likeness (QED) is 0.207. The maximum atomic E-state index is 11.9. The van der Waals surface area contributed by atoms with Crippen LogP contribution in [0.15, 0.2) is 67.0 Å². The summed E-state index contributed by atoms with van der Waals surface area (Å²) < 4.78 is 6.21. The highest BCUT2D eigenvalue weighted by Gasteiger charge is 2.50. The van der Waals surface area contributed by atoms with E-state index in [1.165, 1.54) is 36.8 Å². The third-order valence-corrected chi connectivity index (χ3v) is 10.9. The maximum Gasteiger partial charge on any atom is 0.153 e. The third kappa shape index (κ3) is 5.88. The molecule has 2 saturated heterocycles. The minimum atomic E-state index is 0.443. The number of pyridine rings is 1. The number of piperidine rings is 1. The zero-order valence-corrected chi connectivity index (χ0v) is 27.2. The van der Waals surface area contributed by atoms with Crippen LogP contribution in [0.4, 0.5) is 5.69 Å². The van der Waals surface area contributed by atoms with Crippen molar-refractivity contribution in [2.45, 2.75) is 77.4 Å². The summed E-state index contributed by atoms with van der Waals surface area (Å²) >= 11 is 0. The van der Waals surface area contributed by atoms with E-state index in [1.807, 2.05) is 30.5 Å². The Balaban J connectivity index is 1.02. The van der Waals surface area contributed by atoms with E-state index in [2.05, 4.69) is 82.7 Å². The van der Waals surface area contributed by atoms with Gasteiger partial charge in [0.25, 0.3) is 0 Å². The van der Waals surface area contributed by atoms with Crippen molar-refractivity contribution in [1.82, 2.24) is 19.8 Å². The van der Waals surface area contributed by atoms with Gasteiger partial charge in [0.1, 0.15) is 17.1 Å². The Labute approximate surface area is 267 Å². The molecule has 3 fully saturated rings. The minimum absolute atomic E-state index is 0.443. The lowest BCUT2D eigenvalue weighted by molar-refractivity contribution is -0.0656. The van der Waals surface area contributed by atoms with Gasteiger partial charge in [-0.3, -0.25) is 14.6 Å². The number of carbonyl (C=O) groups is 1. The van der Waals surface area contributed by atoms with E-state index < -0.39 is 0 Å². The van der Waals surface area contributed by atoms with Crippen molar-refractivity contribution >= 4 is 23.0 Å². The lowest BCUT2D eigenvalue weighted by atomic mass is 9.59. The Hall–Kier alpha value is -3.68. The number of aldehydes is 1. The molecule has 1 spiro atoms. The summed E-state index contributed by atoms with van der Waals surface area (Å²) in [6.45, 7) is 14.8. The minimum Gasteiger partial charge on any atom is -0.455 e. The predicted octanol–water partition coefficient (Wildman–Crippen LogP) is 7.81. The fraction of sp³-hybridized carbons (Fsp3) is 0.474. The number of carbonyl (C=O) groups excluding carboxylic acids is 1. The molecule has 7 rings (SSSR count). The molecule has 1 N–H and O–H groups in total. The van der Waals surface area contributed by atoms with Gasteiger partial charge in [-0.1, -0.05) is 38.1 Å². The number of nitrogens with one attached hydrogen (secondary N) is 1. The van der Waals surface area contributed by atoms with E-state index in [0.717, 1.165) is 55.7 Å². The van der Waals surface area contributed by atoms with E-state index >= 15 is 0 Å². The highest BCUT2D eigenvalue weighted by atomic mass is 16.5. The second kappa shape index (κ2) is 12.3. The molecule has 3 aliphatic rings. The molecule has 2 aromatic carbocycles. The lowest BCUT2D eigenvalue weighted by Crippen LogP contribution is -2.60. The van der Waals surface area contributed by atoms with Gasteiger partial charge < -0.3 is 14.6 Å². The molecule has 0 bridgehead atoms. The number of nitrogens with zero attached hydrogens (tertiary/aromatic N) is 4. The van der Waals surface area contributed by atoms with Crippen molar-refractivity contribution in [3.05, 3.63) is 83.7 Å². The van der Waals surface area contributed by atoms with Gasteiger partial charge in [-0.15, -0.1) is 0 Å².